The molecule has 1 amide bonds. The summed E-state index contributed by atoms with van der Waals surface area (Å²) in [5, 5.41) is 2.79. The fraction of sp³-hybridized carbons (Fsp3) is 0.472. The van der Waals surface area contributed by atoms with E-state index in [4.69, 9.17) is 32.1 Å². The van der Waals surface area contributed by atoms with Crippen molar-refractivity contribution in [1.82, 2.24) is 5.32 Å². The Bertz CT molecular complexity index is 1720. The quantitative estimate of drug-likeness (QED) is 0.195. The molecule has 1 saturated heterocycles. The molecule has 0 bridgehead atoms. The van der Waals surface area contributed by atoms with Gasteiger partial charge in [-0.2, -0.15) is 16.8 Å². The Morgan fingerprint density at radius 2 is 1.24 bits per heavy atom. The van der Waals surface area contributed by atoms with Crippen molar-refractivity contribution in [3.8, 4) is 0 Å². The fourth-order valence-corrected chi connectivity index (χ4v) is 6.42. The van der Waals surface area contributed by atoms with Crippen LogP contribution in [0.3, 0.4) is 0 Å². The van der Waals surface area contributed by atoms with Crippen LogP contribution in [0.1, 0.15) is 37.5 Å². The lowest BCUT2D eigenvalue weighted by molar-refractivity contribution is -0.246. The van der Waals surface area contributed by atoms with Crippen molar-refractivity contribution in [3.63, 3.8) is 0 Å². The lowest BCUT2D eigenvalue weighted by Gasteiger charge is -2.48. The number of hydrogen-bond donors (Lipinski definition) is 1. The number of hydrogen-bond acceptors (Lipinski definition) is 12. The van der Waals surface area contributed by atoms with E-state index in [1.807, 2.05) is 91.0 Å². The largest absolute Gasteiger partial charge is 0.444 e. The lowest BCUT2D eigenvalue weighted by atomic mass is 9.89. The highest BCUT2D eigenvalue weighted by Gasteiger charge is 2.52. The summed E-state index contributed by atoms with van der Waals surface area (Å²) < 4.78 is 91.2. The monoisotopic (exact) mass is 749 g/mol. The molecule has 51 heavy (non-hydrogen) atoms. The van der Waals surface area contributed by atoms with E-state index in [1.54, 1.807) is 20.8 Å². The van der Waals surface area contributed by atoms with Crippen LogP contribution >= 0.6 is 0 Å². The van der Waals surface area contributed by atoms with Crippen LogP contribution in [-0.2, 0) is 72.1 Å². The second-order valence-electron chi connectivity index (χ2n) is 13.2. The van der Waals surface area contributed by atoms with Crippen LogP contribution in [-0.4, -0.2) is 90.8 Å². The van der Waals surface area contributed by atoms with E-state index in [1.165, 1.54) is 0 Å². The molecule has 3 aromatic rings. The van der Waals surface area contributed by atoms with Crippen LogP contribution in [0.2, 0.25) is 0 Å². The molecule has 0 aliphatic carbocycles. The Kier molecular flexibility index (Phi) is 14.5. The van der Waals surface area contributed by atoms with E-state index in [0.717, 1.165) is 29.2 Å². The Morgan fingerprint density at radius 1 is 0.745 bits per heavy atom. The molecule has 0 unspecified atom stereocenters. The molecular formula is C36H47NO12S2. The zero-order valence-corrected chi connectivity index (χ0v) is 31.0. The first kappa shape index (κ1) is 40.4. The summed E-state index contributed by atoms with van der Waals surface area (Å²) in [5.74, 6) is 0. The molecule has 15 heteroatoms. The van der Waals surface area contributed by atoms with Gasteiger partial charge in [-0.05, 0) is 37.5 Å². The summed E-state index contributed by atoms with van der Waals surface area (Å²) in [5.41, 5.74) is 1.64. The van der Waals surface area contributed by atoms with Crippen LogP contribution < -0.4 is 5.32 Å². The molecule has 0 spiro atoms. The number of carbonyl (C=O) groups is 1. The first-order valence-corrected chi connectivity index (χ1v) is 20.0. The van der Waals surface area contributed by atoms with Gasteiger partial charge >= 0.3 is 6.09 Å². The Hall–Kier alpha value is -3.41. The minimum atomic E-state index is -4.23. The minimum absolute atomic E-state index is 0.0605. The Morgan fingerprint density at radius 3 is 1.71 bits per heavy atom. The van der Waals surface area contributed by atoms with Gasteiger partial charge < -0.3 is 29.0 Å². The molecule has 1 aliphatic rings. The number of ether oxygens (including phenoxy) is 5. The average molecular weight is 750 g/mol. The summed E-state index contributed by atoms with van der Waals surface area (Å²) in [6.45, 7) is 4.64. The van der Waals surface area contributed by atoms with Crippen molar-refractivity contribution >= 4 is 26.3 Å². The average Bonchev–Trinajstić information content (AvgIpc) is 3.05. The van der Waals surface area contributed by atoms with Gasteiger partial charge in [-0.15, -0.1) is 0 Å². The highest BCUT2D eigenvalue weighted by Crippen LogP contribution is 2.32. The van der Waals surface area contributed by atoms with Crippen molar-refractivity contribution in [2.24, 2.45) is 0 Å². The molecular weight excluding hydrogens is 703 g/mol. The summed E-state index contributed by atoms with van der Waals surface area (Å²) in [6, 6.07) is 26.9. The van der Waals surface area contributed by atoms with Crippen molar-refractivity contribution < 1.29 is 53.7 Å². The predicted octanol–water partition coefficient (Wildman–Crippen LogP) is 4.36. The van der Waals surface area contributed by atoms with E-state index in [2.05, 4.69) is 5.32 Å². The molecule has 0 radical (unpaired) electrons. The maximum absolute atomic E-state index is 13.4. The molecule has 280 valence electrons. The van der Waals surface area contributed by atoms with Crippen LogP contribution in [0.4, 0.5) is 4.79 Å². The van der Waals surface area contributed by atoms with Crippen molar-refractivity contribution in [2.75, 3.05) is 25.7 Å². The van der Waals surface area contributed by atoms with Gasteiger partial charge in [-0.1, -0.05) is 91.0 Å². The first-order valence-electron chi connectivity index (χ1n) is 16.4. The third-order valence-corrected chi connectivity index (χ3v) is 8.65. The predicted molar refractivity (Wildman–Crippen MR) is 188 cm³/mol. The zero-order chi connectivity index (χ0) is 37.1. The SMILES string of the molecule is CC(C)(C)OC(=O)N[C@@H]1[C@@H](OCc2ccccc2)[C@@H](OCc2ccccc2)[C@@H](COCc2ccccc2)O[C@@H]1[C@@H](COS(C)(=O)=O)OS(C)(=O)=O. The second-order valence-corrected chi connectivity index (χ2v) is 16.4. The second kappa shape index (κ2) is 18.4. The van der Waals surface area contributed by atoms with Crippen LogP contribution in [0, 0.1) is 0 Å². The molecule has 1 fully saturated rings. The smallest absolute Gasteiger partial charge is 0.408 e. The van der Waals surface area contributed by atoms with Crippen LogP contribution in [0.15, 0.2) is 91.0 Å². The number of rotatable bonds is 17. The Balaban J connectivity index is 1.79. The number of amides is 1. The van der Waals surface area contributed by atoms with E-state index in [9.17, 15) is 21.6 Å². The number of alkyl carbamates (subject to hydrolysis) is 1. The Labute approximate surface area is 300 Å². The zero-order valence-electron chi connectivity index (χ0n) is 29.4. The molecule has 3 aromatic carbocycles. The van der Waals surface area contributed by atoms with Gasteiger partial charge in [-0.25, -0.2) is 4.79 Å². The minimum Gasteiger partial charge on any atom is -0.444 e. The summed E-state index contributed by atoms with van der Waals surface area (Å²) in [7, 11) is -8.30. The van der Waals surface area contributed by atoms with E-state index in [0.29, 0.717) is 0 Å². The molecule has 1 N–H and O–H groups in total. The number of carbonyl (C=O) groups excluding carboxylic acids is 1. The topological polar surface area (TPSA) is 162 Å². The fourth-order valence-electron chi connectivity index (χ4n) is 5.42. The van der Waals surface area contributed by atoms with Gasteiger partial charge in [0, 0.05) is 0 Å². The summed E-state index contributed by atoms with van der Waals surface area (Å²) >= 11 is 0. The first-order chi connectivity index (χ1) is 24.1. The van der Waals surface area contributed by atoms with E-state index >= 15 is 0 Å². The van der Waals surface area contributed by atoms with E-state index < -0.39 is 75.1 Å². The van der Waals surface area contributed by atoms with Crippen molar-refractivity contribution in [1.29, 1.82) is 0 Å². The van der Waals surface area contributed by atoms with Gasteiger partial charge in [0.15, 0.2) is 0 Å². The highest BCUT2D eigenvalue weighted by atomic mass is 32.2. The molecule has 4 rings (SSSR count). The molecule has 6 atom stereocenters. The normalized spacial score (nSPS) is 21.9. The number of benzene rings is 3. The van der Waals surface area contributed by atoms with Gasteiger partial charge in [-0.3, -0.25) is 8.37 Å². The maximum Gasteiger partial charge on any atom is 0.408 e. The van der Waals surface area contributed by atoms with Crippen LogP contribution in [0.5, 0.6) is 0 Å². The molecule has 1 aliphatic heterocycles. The van der Waals surface area contributed by atoms with Crippen molar-refractivity contribution in [3.05, 3.63) is 108 Å². The maximum atomic E-state index is 13.4. The molecule has 1 heterocycles. The van der Waals surface area contributed by atoms with Gasteiger partial charge in [0.1, 0.15) is 36.1 Å². The van der Waals surface area contributed by atoms with Gasteiger partial charge in [0.2, 0.25) is 0 Å². The van der Waals surface area contributed by atoms with Gasteiger partial charge in [0.05, 0.1) is 51.6 Å². The van der Waals surface area contributed by atoms with E-state index in [-0.39, 0.29) is 26.4 Å². The van der Waals surface area contributed by atoms with Crippen LogP contribution in [0.25, 0.3) is 0 Å². The highest BCUT2D eigenvalue weighted by molar-refractivity contribution is 7.86. The van der Waals surface area contributed by atoms with Crippen molar-refractivity contribution in [2.45, 2.75) is 82.8 Å². The summed E-state index contributed by atoms with van der Waals surface area (Å²) in [6.07, 6.45) is -5.09. The standard InChI is InChI=1S/C36H47NO12S2/c1-36(2,3)48-35(38)37-31-32(30(49-51(5,41)42)25-46-50(4,39)40)47-29(24-43-21-26-15-9-6-10-16-26)33(44-22-27-17-11-7-12-18-27)34(31)45-23-28-19-13-8-14-20-28/h6-20,29-34H,21-25H2,1-5H3,(H,37,38)/t29-,30-,31+,32-,33+,34-/m1/s1. The number of nitrogens with one attached hydrogen (secondary N) is 1. The third kappa shape index (κ3) is 14.3. The molecule has 13 nitrogen and oxygen atoms in total. The molecule has 0 saturated carbocycles. The third-order valence-electron chi connectivity index (χ3n) is 7.49. The lowest BCUT2D eigenvalue weighted by Crippen LogP contribution is -2.69. The molecule has 0 aromatic heterocycles. The van der Waals surface area contributed by atoms with Gasteiger partial charge in [0.25, 0.3) is 20.2 Å². The summed E-state index contributed by atoms with van der Waals surface area (Å²) in [4.78, 5) is 13.4.